The van der Waals surface area contributed by atoms with Crippen LogP contribution >= 0.6 is 11.3 Å². The van der Waals surface area contributed by atoms with E-state index in [1.54, 1.807) is 0 Å². The van der Waals surface area contributed by atoms with Crippen LogP contribution in [0.4, 0.5) is 10.7 Å². The first-order valence-corrected chi connectivity index (χ1v) is 7.51. The van der Waals surface area contributed by atoms with Gasteiger partial charge in [-0.05, 0) is 20.0 Å². The molecule has 0 spiro atoms. The van der Waals surface area contributed by atoms with Gasteiger partial charge in [-0.2, -0.15) is 0 Å². The van der Waals surface area contributed by atoms with Gasteiger partial charge in [0.2, 0.25) is 0 Å². The maximum Gasteiger partial charge on any atom is 0.350 e. The summed E-state index contributed by atoms with van der Waals surface area (Å²) in [7, 11) is 3.34. The molecule has 7 nitrogen and oxygen atoms in total. The molecule has 4 N–H and O–H groups in total. The maximum absolute atomic E-state index is 11.8. The Balaban J connectivity index is 2.42. The van der Waals surface area contributed by atoms with Crippen molar-refractivity contribution in [1.29, 1.82) is 0 Å². The van der Waals surface area contributed by atoms with E-state index in [2.05, 4.69) is 16.8 Å². The van der Waals surface area contributed by atoms with E-state index in [4.69, 9.17) is 16.2 Å². The number of hydrogen-bond donors (Lipinski definition) is 2. The molecule has 2 heterocycles. The van der Waals surface area contributed by atoms with Crippen LogP contribution in [0.15, 0.2) is 0 Å². The van der Waals surface area contributed by atoms with E-state index in [1.165, 1.54) is 18.4 Å². The summed E-state index contributed by atoms with van der Waals surface area (Å²) >= 11 is 1.17. The number of nitrogens with zero attached hydrogens (tertiary/aromatic N) is 2. The average Bonchev–Trinajstić information content (AvgIpc) is 2.63. The number of nitrogen functional groups attached to an aromatic ring is 1. The van der Waals surface area contributed by atoms with E-state index in [0.29, 0.717) is 5.00 Å². The fraction of sp³-hybridized carbons (Fsp3) is 0.538. The van der Waals surface area contributed by atoms with Crippen LogP contribution in [0, 0.1) is 0 Å². The molecule has 0 bridgehead atoms. The number of likely N-dealkylation sites (N-methyl/N-ethyl adjacent to an activating group) is 1. The molecule has 8 heteroatoms. The molecule has 1 aliphatic rings. The van der Waals surface area contributed by atoms with E-state index in [-0.39, 0.29) is 16.1 Å². The van der Waals surface area contributed by atoms with Crippen molar-refractivity contribution in [2.75, 3.05) is 51.0 Å². The highest BCUT2D eigenvalue weighted by Crippen LogP contribution is 2.38. The topological polar surface area (TPSA) is 102 Å². The number of carbonyl (C=O) groups is 2. The van der Waals surface area contributed by atoms with Gasteiger partial charge in [0.25, 0.3) is 5.91 Å². The van der Waals surface area contributed by atoms with Crippen LogP contribution in [0.2, 0.25) is 0 Å². The molecule has 2 rings (SSSR count). The summed E-state index contributed by atoms with van der Waals surface area (Å²) in [6.07, 6.45) is 0.972. The molecule has 1 aliphatic heterocycles. The minimum atomic E-state index is -0.619. The number of amides is 1. The summed E-state index contributed by atoms with van der Waals surface area (Å²) in [5.41, 5.74) is 11.7. The third-order valence-corrected chi connectivity index (χ3v) is 4.80. The van der Waals surface area contributed by atoms with Gasteiger partial charge in [-0.25, -0.2) is 4.79 Å². The van der Waals surface area contributed by atoms with Gasteiger partial charge < -0.3 is 26.0 Å². The number of methoxy groups -OCH3 is 1. The molecule has 116 valence electrons. The van der Waals surface area contributed by atoms with Gasteiger partial charge in [-0.15, -0.1) is 11.3 Å². The second-order valence-electron chi connectivity index (χ2n) is 5.02. The van der Waals surface area contributed by atoms with Gasteiger partial charge in [-0.3, -0.25) is 4.79 Å². The highest BCUT2D eigenvalue weighted by Gasteiger charge is 2.28. The van der Waals surface area contributed by atoms with Crippen LogP contribution < -0.4 is 16.4 Å². The van der Waals surface area contributed by atoms with Gasteiger partial charge >= 0.3 is 5.97 Å². The van der Waals surface area contributed by atoms with Crippen molar-refractivity contribution in [2.24, 2.45) is 5.73 Å². The van der Waals surface area contributed by atoms with Crippen LogP contribution in [0.5, 0.6) is 0 Å². The first-order valence-electron chi connectivity index (χ1n) is 6.69. The first-order chi connectivity index (χ1) is 9.95. The summed E-state index contributed by atoms with van der Waals surface area (Å²) < 4.78 is 4.71. The highest BCUT2D eigenvalue weighted by atomic mass is 32.1. The fourth-order valence-corrected chi connectivity index (χ4v) is 3.58. The number of anilines is 2. The van der Waals surface area contributed by atoms with Crippen LogP contribution in [0.3, 0.4) is 0 Å². The van der Waals surface area contributed by atoms with Crippen molar-refractivity contribution in [1.82, 2.24) is 4.90 Å². The van der Waals surface area contributed by atoms with E-state index in [1.807, 2.05) is 0 Å². The van der Waals surface area contributed by atoms with Crippen molar-refractivity contribution in [3.63, 3.8) is 0 Å². The number of thiophene rings is 1. The largest absolute Gasteiger partial charge is 0.465 e. The standard InChI is InChI=1S/C13H20N4O3S/c1-16-4-3-5-17(7-6-16)12-8(11(15)18)9(14)10(21-12)13(19)20-2/h3-7,14H2,1-2H3,(H2,15,18). The fourth-order valence-electron chi connectivity index (χ4n) is 2.39. The van der Waals surface area contributed by atoms with Gasteiger partial charge in [0.05, 0.1) is 18.4 Å². The Morgan fingerprint density at radius 3 is 2.57 bits per heavy atom. The van der Waals surface area contributed by atoms with E-state index in [0.717, 1.165) is 32.6 Å². The maximum atomic E-state index is 11.8. The third-order valence-electron chi connectivity index (χ3n) is 3.55. The lowest BCUT2D eigenvalue weighted by atomic mass is 10.2. The van der Waals surface area contributed by atoms with Crippen molar-refractivity contribution >= 4 is 33.9 Å². The Hall–Kier alpha value is -1.80. The molecular weight excluding hydrogens is 292 g/mol. The summed E-state index contributed by atoms with van der Waals surface area (Å²) in [6.45, 7) is 3.43. The van der Waals surface area contributed by atoms with E-state index < -0.39 is 11.9 Å². The predicted molar refractivity (Wildman–Crippen MR) is 82.9 cm³/mol. The Bertz CT molecular complexity index is 558. The van der Waals surface area contributed by atoms with Crippen molar-refractivity contribution in [3.8, 4) is 0 Å². The summed E-state index contributed by atoms with van der Waals surface area (Å²) in [5.74, 6) is -1.16. The minimum absolute atomic E-state index is 0.118. The number of ether oxygens (including phenoxy) is 1. The normalized spacial score (nSPS) is 16.6. The molecule has 1 aromatic heterocycles. The molecule has 1 amide bonds. The monoisotopic (exact) mass is 312 g/mol. The molecule has 0 aliphatic carbocycles. The Morgan fingerprint density at radius 2 is 1.95 bits per heavy atom. The van der Waals surface area contributed by atoms with Crippen molar-refractivity contribution < 1.29 is 14.3 Å². The lowest BCUT2D eigenvalue weighted by Crippen LogP contribution is -2.29. The minimum Gasteiger partial charge on any atom is -0.465 e. The molecule has 0 atom stereocenters. The van der Waals surface area contributed by atoms with Gasteiger partial charge in [0, 0.05) is 19.6 Å². The van der Waals surface area contributed by atoms with Gasteiger partial charge in [0.15, 0.2) is 0 Å². The lowest BCUT2D eigenvalue weighted by Gasteiger charge is -2.21. The summed E-state index contributed by atoms with van der Waals surface area (Å²) in [4.78, 5) is 28.0. The predicted octanol–water partition coefficient (Wildman–Crippen LogP) is 0.358. The van der Waals surface area contributed by atoms with Gasteiger partial charge in [0.1, 0.15) is 9.88 Å². The first kappa shape index (κ1) is 15.6. The molecule has 0 aromatic carbocycles. The molecule has 21 heavy (non-hydrogen) atoms. The second-order valence-corrected chi connectivity index (χ2v) is 6.02. The Morgan fingerprint density at radius 1 is 1.24 bits per heavy atom. The van der Waals surface area contributed by atoms with Crippen LogP contribution in [-0.2, 0) is 4.74 Å². The van der Waals surface area contributed by atoms with Crippen molar-refractivity contribution in [3.05, 3.63) is 10.4 Å². The number of hydrogen-bond acceptors (Lipinski definition) is 7. The smallest absolute Gasteiger partial charge is 0.350 e. The second kappa shape index (κ2) is 6.31. The SMILES string of the molecule is COC(=O)c1sc(N2CCCN(C)CC2)c(C(N)=O)c1N. The third kappa shape index (κ3) is 3.11. The van der Waals surface area contributed by atoms with E-state index >= 15 is 0 Å². The molecule has 1 aromatic rings. The van der Waals surface area contributed by atoms with E-state index in [9.17, 15) is 9.59 Å². The zero-order chi connectivity index (χ0) is 15.6. The Labute approximate surface area is 127 Å². The molecule has 1 fully saturated rings. The number of rotatable bonds is 3. The van der Waals surface area contributed by atoms with Crippen LogP contribution in [0.1, 0.15) is 26.5 Å². The lowest BCUT2D eigenvalue weighted by molar-refractivity contribution is 0.0607. The number of carbonyl (C=O) groups excluding carboxylic acids is 2. The molecule has 1 saturated heterocycles. The number of nitrogens with two attached hydrogens (primary N) is 2. The zero-order valence-corrected chi connectivity index (χ0v) is 13.0. The van der Waals surface area contributed by atoms with Gasteiger partial charge in [-0.1, -0.05) is 0 Å². The molecular formula is C13H20N4O3S. The number of primary amides is 1. The molecule has 0 radical (unpaired) electrons. The molecule has 0 unspecified atom stereocenters. The van der Waals surface area contributed by atoms with Crippen LogP contribution in [0.25, 0.3) is 0 Å². The highest BCUT2D eigenvalue weighted by molar-refractivity contribution is 7.19. The zero-order valence-electron chi connectivity index (χ0n) is 12.2. The molecule has 0 saturated carbocycles. The summed E-state index contributed by atoms with van der Waals surface area (Å²) in [5, 5.41) is 0.663. The van der Waals surface area contributed by atoms with Crippen LogP contribution in [-0.4, -0.2) is 57.1 Å². The quantitative estimate of drug-likeness (QED) is 0.781. The Kier molecular flexibility index (Phi) is 4.69. The average molecular weight is 312 g/mol. The number of esters is 1. The van der Waals surface area contributed by atoms with Crippen molar-refractivity contribution in [2.45, 2.75) is 6.42 Å². The summed E-state index contributed by atoms with van der Waals surface area (Å²) in [6, 6.07) is 0.